The summed E-state index contributed by atoms with van der Waals surface area (Å²) in [5.74, 6) is -7.77. The highest BCUT2D eigenvalue weighted by atomic mass is 32.1. The fourth-order valence-electron chi connectivity index (χ4n) is 8.46. The maximum absolute atomic E-state index is 14.1. The van der Waals surface area contributed by atoms with Gasteiger partial charge in [-0.15, -0.1) is 0 Å². The second kappa shape index (κ2) is 30.6. The normalized spacial score (nSPS) is 18.7. The number of hydrogen-bond donors (Lipinski definition) is 15. The lowest BCUT2D eigenvalue weighted by molar-refractivity contribution is -0.149. The lowest BCUT2D eigenvalue weighted by Gasteiger charge is -2.30. The summed E-state index contributed by atoms with van der Waals surface area (Å²) >= 11 is 3.97. The minimum absolute atomic E-state index is 0.00771. The summed E-state index contributed by atoms with van der Waals surface area (Å²) in [6, 6.07) is -7.65. The van der Waals surface area contributed by atoms with Crippen LogP contribution in [0.25, 0.3) is 0 Å². The van der Waals surface area contributed by atoms with E-state index in [1.807, 2.05) is 0 Å². The van der Waals surface area contributed by atoms with Crippen molar-refractivity contribution >= 4 is 89.6 Å². The smallest absolute Gasteiger partial charge is 0.326 e. The van der Waals surface area contributed by atoms with Gasteiger partial charge < -0.3 is 91.8 Å². The van der Waals surface area contributed by atoms with Crippen LogP contribution in [-0.2, 0) is 47.9 Å². The first-order valence-corrected chi connectivity index (χ1v) is 24.7. The number of carboxylic acid groups (broad SMARTS) is 1. The van der Waals surface area contributed by atoms with Gasteiger partial charge in [-0.05, 0) is 77.0 Å². The van der Waals surface area contributed by atoms with Crippen molar-refractivity contribution < 1.29 is 53.1 Å². The molecular weight excluding hydrogens is 979 g/mol. The lowest BCUT2D eigenvalue weighted by Crippen LogP contribution is -2.57. The molecule has 9 amide bonds. The molecule has 0 radical (unpaired) electrons. The fraction of sp³-hybridized carbons (Fsp3) is 0.690. The summed E-state index contributed by atoms with van der Waals surface area (Å²) in [5.41, 5.74) is 38.3. The number of likely N-dealkylation sites (tertiary alicyclic amines) is 3. The van der Waals surface area contributed by atoms with Crippen LogP contribution in [0.2, 0.25) is 0 Å². The Morgan fingerprint density at radius 3 is 1.15 bits per heavy atom. The average Bonchev–Trinajstić information content (AvgIpc) is 4.16. The minimum atomic E-state index is -1.23. The van der Waals surface area contributed by atoms with Gasteiger partial charge in [0.15, 0.2) is 17.9 Å². The second-order valence-electron chi connectivity index (χ2n) is 17.6. The van der Waals surface area contributed by atoms with Crippen molar-refractivity contribution in [2.24, 2.45) is 55.1 Å². The average molecular weight is 1050 g/mol. The van der Waals surface area contributed by atoms with Gasteiger partial charge in [-0.25, -0.2) is 4.79 Å². The largest absolute Gasteiger partial charge is 0.480 e. The molecule has 0 unspecified atom stereocenters. The van der Waals surface area contributed by atoms with Crippen LogP contribution in [0.15, 0.2) is 15.0 Å². The minimum Gasteiger partial charge on any atom is -0.480 e. The molecule has 3 aliphatic rings. The van der Waals surface area contributed by atoms with Gasteiger partial charge in [0.2, 0.25) is 53.2 Å². The summed E-state index contributed by atoms with van der Waals surface area (Å²) in [7, 11) is 0. The standard InChI is InChI=1S/C42H73N19O11S/c43-23(22-73)33(65)53-19-30(62)56-24(7-1-13-50-40(44)45)36(68)59-16-4-10-27(59)34(66)54-20-31(63)57-25(8-2-14-51-41(46)47)37(69)60-17-5-11-28(60)35(67)55-21-32(64)58-26(9-3-15-52-42(48)49)38(70)61-18-6-12-29(61)39(71)72/h23-29,73H,1-22,43H2,(H,53,65)(H,54,66)(H,55,67)(H,56,62)(H,57,63)(H,58,64)(H,71,72)(H4,44,45,50)(H4,46,47,51)(H4,48,49,52)/t23-,24-,25-,26-,27-,28-,29-/m0/s1. The zero-order valence-corrected chi connectivity index (χ0v) is 41.7. The zero-order valence-electron chi connectivity index (χ0n) is 40.8. The van der Waals surface area contributed by atoms with Crippen molar-refractivity contribution in [3.8, 4) is 0 Å². The van der Waals surface area contributed by atoms with Crippen molar-refractivity contribution in [3.63, 3.8) is 0 Å². The molecule has 73 heavy (non-hydrogen) atoms. The summed E-state index contributed by atoms with van der Waals surface area (Å²) in [5, 5.41) is 24.9. The van der Waals surface area contributed by atoms with Crippen molar-refractivity contribution in [1.29, 1.82) is 0 Å². The number of hydrogen-bond acceptors (Lipinski definition) is 15. The first-order chi connectivity index (χ1) is 34.6. The van der Waals surface area contributed by atoms with Gasteiger partial charge in [0, 0.05) is 45.0 Å². The van der Waals surface area contributed by atoms with Crippen LogP contribution < -0.4 is 72.0 Å². The Morgan fingerprint density at radius 1 is 0.521 bits per heavy atom. The van der Waals surface area contributed by atoms with E-state index in [0.29, 0.717) is 19.3 Å². The number of carbonyl (C=O) groups excluding carboxylic acids is 9. The van der Waals surface area contributed by atoms with E-state index in [1.165, 1.54) is 14.7 Å². The quantitative estimate of drug-likeness (QED) is 0.0143. The molecule has 30 nitrogen and oxygen atoms in total. The van der Waals surface area contributed by atoms with Crippen molar-refractivity contribution in [1.82, 2.24) is 46.6 Å². The molecule has 0 bridgehead atoms. The molecule has 0 aromatic heterocycles. The summed E-state index contributed by atoms with van der Waals surface area (Å²) < 4.78 is 0. The van der Waals surface area contributed by atoms with Gasteiger partial charge in [0.25, 0.3) is 0 Å². The first kappa shape index (κ1) is 60.1. The van der Waals surface area contributed by atoms with Crippen LogP contribution in [0.3, 0.4) is 0 Å². The van der Waals surface area contributed by atoms with Gasteiger partial charge in [0.1, 0.15) is 36.3 Å². The highest BCUT2D eigenvalue weighted by Gasteiger charge is 2.41. The molecule has 408 valence electrons. The third-order valence-electron chi connectivity index (χ3n) is 12.0. The topological polar surface area (TPSA) is 492 Å². The van der Waals surface area contributed by atoms with Gasteiger partial charge in [-0.3, -0.25) is 58.1 Å². The molecule has 31 heteroatoms. The van der Waals surface area contributed by atoms with E-state index in [2.05, 4.69) is 59.5 Å². The van der Waals surface area contributed by atoms with Gasteiger partial charge in [-0.2, -0.15) is 12.6 Å². The third-order valence-corrected chi connectivity index (χ3v) is 12.4. The maximum Gasteiger partial charge on any atom is 0.326 e. The van der Waals surface area contributed by atoms with Crippen LogP contribution in [0.5, 0.6) is 0 Å². The molecule has 0 saturated carbocycles. The number of carboxylic acids is 1. The zero-order chi connectivity index (χ0) is 54.2. The number of nitrogens with two attached hydrogens (primary N) is 7. The molecule has 3 fully saturated rings. The highest BCUT2D eigenvalue weighted by Crippen LogP contribution is 2.22. The lowest BCUT2D eigenvalue weighted by atomic mass is 10.1. The predicted molar refractivity (Wildman–Crippen MR) is 268 cm³/mol. The number of aliphatic imine (C=N–C) groups is 3. The second-order valence-corrected chi connectivity index (χ2v) is 17.9. The van der Waals surface area contributed by atoms with E-state index in [0.717, 1.165) is 0 Å². The van der Waals surface area contributed by atoms with E-state index < -0.39 is 121 Å². The van der Waals surface area contributed by atoms with E-state index in [-0.39, 0.29) is 121 Å². The summed E-state index contributed by atoms with van der Waals surface area (Å²) in [4.78, 5) is 148. The number of carbonyl (C=O) groups is 10. The maximum atomic E-state index is 14.1. The molecule has 7 atom stereocenters. The third kappa shape index (κ3) is 20.1. The fourth-order valence-corrected chi connectivity index (χ4v) is 8.63. The molecule has 0 aromatic rings. The predicted octanol–water partition coefficient (Wildman–Crippen LogP) is -7.74. The summed E-state index contributed by atoms with van der Waals surface area (Å²) in [6.07, 6.45) is 2.81. The van der Waals surface area contributed by atoms with Crippen molar-refractivity contribution in [2.45, 2.75) is 119 Å². The highest BCUT2D eigenvalue weighted by molar-refractivity contribution is 7.80. The Balaban J connectivity index is 1.67. The van der Waals surface area contributed by atoms with Gasteiger partial charge in [-0.1, -0.05) is 0 Å². The number of nitrogens with one attached hydrogen (secondary N) is 6. The molecule has 3 saturated heterocycles. The van der Waals surface area contributed by atoms with Gasteiger partial charge in [0.05, 0.1) is 25.7 Å². The molecule has 21 N–H and O–H groups in total. The van der Waals surface area contributed by atoms with Gasteiger partial charge >= 0.3 is 5.97 Å². The monoisotopic (exact) mass is 1050 g/mol. The van der Waals surface area contributed by atoms with E-state index in [9.17, 15) is 53.1 Å². The molecule has 0 aromatic carbocycles. The van der Waals surface area contributed by atoms with Crippen LogP contribution in [-0.4, -0.2) is 204 Å². The van der Waals surface area contributed by atoms with Crippen molar-refractivity contribution in [2.75, 3.05) is 64.7 Å². The molecule has 3 rings (SSSR count). The number of guanidine groups is 3. The van der Waals surface area contributed by atoms with Crippen LogP contribution >= 0.6 is 12.6 Å². The first-order valence-electron chi connectivity index (χ1n) is 24.0. The Kier molecular flexibility index (Phi) is 25.2. The Bertz CT molecular complexity index is 2070. The van der Waals surface area contributed by atoms with E-state index in [1.54, 1.807) is 0 Å². The number of aliphatic carboxylic acids is 1. The van der Waals surface area contributed by atoms with E-state index in [4.69, 9.17) is 40.1 Å². The number of thiol groups is 1. The number of nitrogens with zero attached hydrogens (tertiary/aromatic N) is 6. The summed E-state index contributed by atoms with van der Waals surface area (Å²) in [6.45, 7) is -0.911. The number of amides is 9. The molecule has 3 aliphatic heterocycles. The number of rotatable bonds is 29. The van der Waals surface area contributed by atoms with Crippen LogP contribution in [0.1, 0.15) is 77.0 Å². The molecule has 3 heterocycles. The van der Waals surface area contributed by atoms with Crippen molar-refractivity contribution in [3.05, 3.63) is 0 Å². The Labute approximate surface area is 427 Å². The van der Waals surface area contributed by atoms with Crippen LogP contribution in [0.4, 0.5) is 0 Å². The Morgan fingerprint density at radius 2 is 0.836 bits per heavy atom. The molecular formula is C42H73N19O11S. The Hall–Kier alpha value is -7.18. The molecule has 0 spiro atoms. The SMILES string of the molecule is NC(N)=NCCC[C@H](NC(=O)CNC(=O)[C@@H]1CCCN1C(=O)[C@H](CCCN=C(N)N)NC(=O)CNC(=O)[C@@H]1CCCN1C(=O)[C@H](CCCN=C(N)N)NC(=O)CNC(=O)[C@@H](N)CS)C(=O)N1CCC[C@H]1C(=O)O. The molecule has 0 aliphatic carbocycles. The van der Waals surface area contributed by atoms with Crippen LogP contribution in [0, 0.1) is 0 Å². The van der Waals surface area contributed by atoms with E-state index >= 15 is 0 Å².